The Morgan fingerprint density at radius 2 is 1.47 bits per heavy atom. The maximum atomic E-state index is 6.01. The molecule has 0 aromatic carbocycles. The Balaban J connectivity index is 2.83. The number of rotatable bonds is 10. The zero-order chi connectivity index (χ0) is 14.0. The topological polar surface area (TPSA) is 9.23 Å². The van der Waals surface area contributed by atoms with Crippen molar-refractivity contribution in [1.82, 2.24) is 0 Å². The van der Waals surface area contributed by atoms with Crippen LogP contribution in [-0.4, -0.2) is 18.4 Å². The van der Waals surface area contributed by atoms with Gasteiger partial charge in [-0.1, -0.05) is 0 Å². The Morgan fingerprint density at radius 1 is 0.947 bits per heavy atom. The summed E-state index contributed by atoms with van der Waals surface area (Å²) in [5.74, 6) is 0. The van der Waals surface area contributed by atoms with Crippen LogP contribution in [0.25, 0.3) is 0 Å². The van der Waals surface area contributed by atoms with Crippen molar-refractivity contribution in [2.75, 3.05) is 0 Å². The number of unbranched alkanes of at least 4 members (excludes halogenated alkanes) is 3. The summed E-state index contributed by atoms with van der Waals surface area (Å²) in [5, 5.41) is 0. The molecule has 0 saturated heterocycles. The van der Waals surface area contributed by atoms with Crippen LogP contribution in [0.2, 0.25) is 13.3 Å². The summed E-state index contributed by atoms with van der Waals surface area (Å²) in [6.07, 6.45) is 15.8. The van der Waals surface area contributed by atoms with Gasteiger partial charge in [-0.05, 0) is 0 Å². The first-order valence-electron chi connectivity index (χ1n) is 8.31. The Hall–Kier alpha value is 0.0787. The van der Waals surface area contributed by atoms with Gasteiger partial charge in [0.1, 0.15) is 0 Å². The monoisotopic (exact) mass is 372 g/mol. The average molecular weight is 371 g/mol. The molecule has 0 aromatic rings. The van der Waals surface area contributed by atoms with E-state index in [2.05, 4.69) is 32.9 Å². The number of hydrogen-bond acceptors (Lipinski definition) is 1. The van der Waals surface area contributed by atoms with Gasteiger partial charge in [-0.25, -0.2) is 0 Å². The van der Waals surface area contributed by atoms with Gasteiger partial charge in [0, 0.05) is 0 Å². The van der Waals surface area contributed by atoms with Crippen LogP contribution >= 0.6 is 0 Å². The van der Waals surface area contributed by atoms with Gasteiger partial charge in [0.05, 0.1) is 0 Å². The van der Waals surface area contributed by atoms with Crippen LogP contribution in [0, 0.1) is 0 Å². The molecule has 0 spiro atoms. The normalized spacial score (nSPS) is 15.2. The molecule has 110 valence electrons. The quantitative estimate of drug-likeness (QED) is 0.416. The molecule has 1 rings (SSSR count). The van der Waals surface area contributed by atoms with Crippen LogP contribution in [0.3, 0.4) is 0 Å². The number of allylic oxidation sites excluding steroid dienone is 2. The molecule has 1 aliphatic heterocycles. The van der Waals surface area contributed by atoms with Crippen molar-refractivity contribution in [3.63, 3.8) is 0 Å². The van der Waals surface area contributed by atoms with Crippen LogP contribution in [0.4, 0.5) is 0 Å². The van der Waals surface area contributed by atoms with Gasteiger partial charge in [-0.15, -0.1) is 0 Å². The van der Waals surface area contributed by atoms with Crippen molar-refractivity contribution in [3.05, 3.63) is 22.2 Å². The van der Waals surface area contributed by atoms with Gasteiger partial charge in [-0.2, -0.15) is 0 Å². The Bertz CT molecular complexity index is 272. The van der Waals surface area contributed by atoms with Gasteiger partial charge >= 0.3 is 124 Å². The first-order valence-corrected chi connectivity index (χ1v) is 15.8. The van der Waals surface area contributed by atoms with E-state index in [0.717, 1.165) is 6.42 Å². The van der Waals surface area contributed by atoms with E-state index in [1.54, 1.807) is 0 Å². The molecule has 0 aliphatic carbocycles. The minimum absolute atomic E-state index is 1.10. The standard InChI is InChI=1S/C5H5O.3C4H9.Sn/c1-2-4-6-5-3-1;3*1-3-4-2;/h2-4H,1H2;3*1,3-4H2,2H3;. The van der Waals surface area contributed by atoms with E-state index in [-0.39, 0.29) is 0 Å². The second-order valence-electron chi connectivity index (χ2n) is 5.88. The number of hydrogen-bond donors (Lipinski definition) is 0. The predicted molar refractivity (Wildman–Crippen MR) is 87.8 cm³/mol. The molecule has 0 saturated carbocycles. The fourth-order valence-electron chi connectivity index (χ4n) is 3.03. The molecule has 0 unspecified atom stereocenters. The van der Waals surface area contributed by atoms with Crippen molar-refractivity contribution >= 4 is 18.4 Å². The third kappa shape index (κ3) is 5.53. The van der Waals surface area contributed by atoms with Gasteiger partial charge in [-0.3, -0.25) is 0 Å². The van der Waals surface area contributed by atoms with Crippen LogP contribution in [0.15, 0.2) is 22.2 Å². The van der Waals surface area contributed by atoms with Gasteiger partial charge in [0.2, 0.25) is 0 Å². The maximum absolute atomic E-state index is 6.01. The summed E-state index contributed by atoms with van der Waals surface area (Å²) in [5.41, 5.74) is 0. The molecular formula is C17H32OSn. The molecule has 0 amide bonds. The average Bonchev–Trinajstić information content (AvgIpc) is 2.48. The van der Waals surface area contributed by atoms with Crippen LogP contribution in [-0.2, 0) is 4.74 Å². The Labute approximate surface area is 124 Å². The fourth-order valence-corrected chi connectivity index (χ4v) is 18.6. The summed E-state index contributed by atoms with van der Waals surface area (Å²) in [4.78, 5) is 0. The van der Waals surface area contributed by atoms with E-state index in [1.165, 1.54) is 55.6 Å². The van der Waals surface area contributed by atoms with Gasteiger partial charge in [0.25, 0.3) is 0 Å². The van der Waals surface area contributed by atoms with E-state index in [1.807, 2.05) is 6.26 Å². The zero-order valence-corrected chi connectivity index (χ0v) is 16.1. The first kappa shape index (κ1) is 17.1. The molecule has 0 N–H and O–H groups in total. The molecule has 19 heavy (non-hydrogen) atoms. The second-order valence-corrected chi connectivity index (χ2v) is 18.9. The van der Waals surface area contributed by atoms with E-state index in [9.17, 15) is 0 Å². The molecular weight excluding hydrogens is 339 g/mol. The molecule has 0 atom stereocenters. The van der Waals surface area contributed by atoms with Crippen molar-refractivity contribution in [1.29, 1.82) is 0 Å². The molecule has 1 aliphatic rings. The predicted octanol–water partition coefficient (Wildman–Crippen LogP) is 6.19. The van der Waals surface area contributed by atoms with Gasteiger partial charge in [0.15, 0.2) is 0 Å². The molecule has 0 aromatic heterocycles. The molecule has 1 nitrogen and oxygen atoms in total. The second kappa shape index (κ2) is 9.90. The van der Waals surface area contributed by atoms with Crippen molar-refractivity contribution in [2.45, 2.75) is 79.0 Å². The van der Waals surface area contributed by atoms with Crippen LogP contribution < -0.4 is 0 Å². The van der Waals surface area contributed by atoms with E-state index >= 15 is 0 Å². The molecule has 0 bridgehead atoms. The Kier molecular flexibility index (Phi) is 8.93. The van der Waals surface area contributed by atoms with E-state index in [4.69, 9.17) is 4.74 Å². The molecule has 0 radical (unpaired) electrons. The SMILES string of the molecule is CCC[CH2][Sn]([CH2]CCC)([CH2]CCC)[C]1=CCC=CO1. The zero-order valence-electron chi connectivity index (χ0n) is 13.2. The summed E-state index contributed by atoms with van der Waals surface area (Å²) in [6.45, 7) is 6.98. The van der Waals surface area contributed by atoms with E-state index < -0.39 is 18.4 Å². The third-order valence-corrected chi connectivity index (χ3v) is 19.4. The summed E-state index contributed by atoms with van der Waals surface area (Å²) < 4.78 is 12.0. The summed E-state index contributed by atoms with van der Waals surface area (Å²) >= 11 is -2.23. The third-order valence-electron chi connectivity index (χ3n) is 4.28. The summed E-state index contributed by atoms with van der Waals surface area (Å²) in [7, 11) is 0. The van der Waals surface area contributed by atoms with Crippen LogP contribution in [0.5, 0.6) is 0 Å². The van der Waals surface area contributed by atoms with Crippen molar-refractivity contribution < 1.29 is 4.74 Å². The van der Waals surface area contributed by atoms with Crippen molar-refractivity contribution in [2.24, 2.45) is 0 Å². The molecule has 1 heterocycles. The Morgan fingerprint density at radius 3 is 1.84 bits per heavy atom. The summed E-state index contributed by atoms with van der Waals surface area (Å²) in [6, 6.07) is 0. The number of ether oxygens (including phenoxy) is 1. The molecule has 2 heteroatoms. The van der Waals surface area contributed by atoms with E-state index in [0.29, 0.717) is 0 Å². The van der Waals surface area contributed by atoms with Gasteiger partial charge < -0.3 is 0 Å². The van der Waals surface area contributed by atoms with Crippen LogP contribution in [0.1, 0.15) is 65.7 Å². The van der Waals surface area contributed by atoms with Crippen molar-refractivity contribution in [3.8, 4) is 0 Å². The fraction of sp³-hybridized carbons (Fsp3) is 0.765. The molecule has 0 fully saturated rings. The minimum atomic E-state index is -2.23. The first-order chi connectivity index (χ1) is 9.29.